The Kier molecular flexibility index (Phi) is 3.43. The first kappa shape index (κ1) is 13.1. The van der Waals surface area contributed by atoms with Crippen molar-refractivity contribution in [1.82, 2.24) is 0 Å². The highest BCUT2D eigenvalue weighted by molar-refractivity contribution is 8.01. The molecule has 1 atom stereocenters. The Morgan fingerprint density at radius 3 is 2.78 bits per heavy atom. The number of carbonyl (C=O) groups excluding carboxylic acids is 1. The Bertz CT molecular complexity index is 507. The summed E-state index contributed by atoms with van der Waals surface area (Å²) in [6.45, 7) is 3.65. The lowest BCUT2D eigenvalue weighted by atomic mass is 9.91. The van der Waals surface area contributed by atoms with E-state index in [0.717, 1.165) is 18.6 Å². The molecular formula is C13H15NO3S. The molecule has 1 heterocycles. The first-order valence-electron chi connectivity index (χ1n) is 5.88. The molecule has 1 aromatic carbocycles. The minimum atomic E-state index is -0.503. The molecule has 0 aromatic heterocycles. The van der Waals surface area contributed by atoms with Crippen LogP contribution < -0.4 is 0 Å². The average molecular weight is 265 g/mol. The predicted octanol–water partition coefficient (Wildman–Crippen LogP) is 3.37. The monoisotopic (exact) mass is 265 g/mol. The van der Waals surface area contributed by atoms with Crippen molar-refractivity contribution in [2.45, 2.75) is 31.4 Å². The van der Waals surface area contributed by atoms with Gasteiger partial charge in [0.2, 0.25) is 0 Å². The molecule has 1 aliphatic rings. The molecule has 1 fully saturated rings. The molecule has 0 amide bonds. The standard InChI is InChI=1S/C13H15NO3S/c1-9-5-3-6-10(14(16)17)11(9)12(15)13(2)7-4-8-18-13/h3,5-6H,4,7-8H2,1-2H3. The van der Waals surface area contributed by atoms with Gasteiger partial charge < -0.3 is 0 Å². The number of nitro benzene ring substituents is 1. The zero-order valence-corrected chi connectivity index (χ0v) is 11.3. The number of ketones is 1. The summed E-state index contributed by atoms with van der Waals surface area (Å²) in [5.41, 5.74) is 0.885. The summed E-state index contributed by atoms with van der Waals surface area (Å²) in [5, 5.41) is 11.0. The first-order valence-corrected chi connectivity index (χ1v) is 6.87. The van der Waals surface area contributed by atoms with E-state index in [1.807, 2.05) is 6.92 Å². The molecule has 5 heteroatoms. The van der Waals surface area contributed by atoms with Crippen LogP contribution in [0.25, 0.3) is 0 Å². The normalized spacial score (nSPS) is 23.0. The molecule has 0 radical (unpaired) electrons. The van der Waals surface area contributed by atoms with Crippen LogP contribution in [0.5, 0.6) is 0 Å². The number of hydrogen-bond acceptors (Lipinski definition) is 4. The third kappa shape index (κ3) is 2.14. The van der Waals surface area contributed by atoms with Gasteiger partial charge in [-0.2, -0.15) is 0 Å². The molecule has 1 saturated heterocycles. The lowest BCUT2D eigenvalue weighted by Crippen LogP contribution is -2.30. The number of benzene rings is 1. The molecule has 4 nitrogen and oxygen atoms in total. The Hall–Kier alpha value is -1.36. The Labute approximate surface area is 110 Å². The molecule has 0 N–H and O–H groups in total. The van der Waals surface area contributed by atoms with Gasteiger partial charge in [0.15, 0.2) is 5.78 Å². The molecule has 0 saturated carbocycles. The molecule has 0 bridgehead atoms. The molecule has 1 aromatic rings. The van der Waals surface area contributed by atoms with Crippen molar-refractivity contribution in [2.75, 3.05) is 5.75 Å². The molecule has 96 valence electrons. The SMILES string of the molecule is Cc1cccc([N+](=O)[O-])c1C(=O)C1(C)CCCS1. The van der Waals surface area contributed by atoms with E-state index in [0.29, 0.717) is 5.56 Å². The van der Waals surface area contributed by atoms with E-state index in [1.54, 1.807) is 30.8 Å². The minimum Gasteiger partial charge on any atom is -0.292 e. The van der Waals surface area contributed by atoms with Crippen molar-refractivity contribution >= 4 is 23.2 Å². The Balaban J connectivity index is 2.50. The Morgan fingerprint density at radius 2 is 2.22 bits per heavy atom. The summed E-state index contributed by atoms with van der Waals surface area (Å²) in [6.07, 6.45) is 1.79. The third-order valence-electron chi connectivity index (χ3n) is 3.37. The summed E-state index contributed by atoms with van der Waals surface area (Å²) in [4.78, 5) is 23.2. The lowest BCUT2D eigenvalue weighted by Gasteiger charge is -2.21. The van der Waals surface area contributed by atoms with E-state index >= 15 is 0 Å². The molecule has 2 rings (SSSR count). The number of nitro groups is 1. The number of thioether (sulfide) groups is 1. The highest BCUT2D eigenvalue weighted by atomic mass is 32.2. The second-order valence-corrected chi connectivity index (χ2v) is 6.34. The van der Waals surface area contributed by atoms with Gasteiger partial charge in [-0.3, -0.25) is 14.9 Å². The first-order chi connectivity index (χ1) is 8.46. The number of aryl methyl sites for hydroxylation is 1. The lowest BCUT2D eigenvalue weighted by molar-refractivity contribution is -0.385. The van der Waals surface area contributed by atoms with Gasteiger partial charge in [-0.25, -0.2) is 0 Å². The van der Waals surface area contributed by atoms with Crippen LogP contribution in [0.15, 0.2) is 18.2 Å². The largest absolute Gasteiger partial charge is 0.292 e. The van der Waals surface area contributed by atoms with Crippen molar-refractivity contribution < 1.29 is 9.72 Å². The Morgan fingerprint density at radius 1 is 1.50 bits per heavy atom. The van der Waals surface area contributed by atoms with Crippen LogP contribution in [-0.2, 0) is 0 Å². The maximum Gasteiger partial charge on any atom is 0.280 e. The van der Waals surface area contributed by atoms with Gasteiger partial charge >= 0.3 is 0 Å². The van der Waals surface area contributed by atoms with Gasteiger partial charge in [0.1, 0.15) is 0 Å². The van der Waals surface area contributed by atoms with Crippen LogP contribution in [0, 0.1) is 17.0 Å². The fraction of sp³-hybridized carbons (Fsp3) is 0.462. The van der Waals surface area contributed by atoms with Gasteiger partial charge in [-0.05, 0) is 38.0 Å². The van der Waals surface area contributed by atoms with E-state index in [9.17, 15) is 14.9 Å². The van der Waals surface area contributed by atoms with E-state index in [2.05, 4.69) is 0 Å². The smallest absolute Gasteiger partial charge is 0.280 e. The van der Waals surface area contributed by atoms with Crippen LogP contribution in [0.4, 0.5) is 5.69 Å². The van der Waals surface area contributed by atoms with Crippen molar-refractivity contribution in [3.8, 4) is 0 Å². The zero-order valence-electron chi connectivity index (χ0n) is 10.4. The molecule has 1 unspecified atom stereocenters. The maximum absolute atomic E-state index is 12.6. The van der Waals surface area contributed by atoms with Gasteiger partial charge in [0, 0.05) is 6.07 Å². The van der Waals surface area contributed by atoms with Gasteiger partial charge in [0.25, 0.3) is 5.69 Å². The zero-order chi connectivity index (χ0) is 13.3. The second-order valence-electron chi connectivity index (χ2n) is 4.74. The summed E-state index contributed by atoms with van der Waals surface area (Å²) in [5.74, 6) is 0.844. The average Bonchev–Trinajstić information content (AvgIpc) is 2.76. The minimum absolute atomic E-state index is 0.0753. The molecule has 0 aliphatic carbocycles. The van der Waals surface area contributed by atoms with Gasteiger partial charge in [-0.1, -0.05) is 12.1 Å². The van der Waals surface area contributed by atoms with E-state index in [4.69, 9.17) is 0 Å². The quantitative estimate of drug-likeness (QED) is 0.477. The second kappa shape index (κ2) is 4.72. The summed E-state index contributed by atoms with van der Waals surface area (Å²) in [7, 11) is 0. The van der Waals surface area contributed by atoms with Crippen LogP contribution in [0.3, 0.4) is 0 Å². The van der Waals surface area contributed by atoms with Gasteiger partial charge in [-0.15, -0.1) is 11.8 Å². The van der Waals surface area contributed by atoms with Crippen molar-refractivity contribution in [2.24, 2.45) is 0 Å². The van der Waals surface area contributed by atoms with E-state index < -0.39 is 9.67 Å². The summed E-state index contributed by atoms with van der Waals surface area (Å²) >= 11 is 1.60. The highest BCUT2D eigenvalue weighted by Crippen LogP contribution is 2.42. The van der Waals surface area contributed by atoms with Crippen LogP contribution in [-0.4, -0.2) is 21.2 Å². The number of nitrogens with zero attached hydrogens (tertiary/aromatic N) is 1. The molecule has 18 heavy (non-hydrogen) atoms. The van der Waals surface area contributed by atoms with Crippen LogP contribution in [0.1, 0.15) is 35.7 Å². The fourth-order valence-electron chi connectivity index (χ4n) is 2.32. The molecule has 1 aliphatic heterocycles. The summed E-state index contributed by atoms with van der Waals surface area (Å²) < 4.78 is -0.503. The van der Waals surface area contributed by atoms with Gasteiger partial charge in [0.05, 0.1) is 15.2 Å². The number of carbonyl (C=O) groups is 1. The fourth-order valence-corrected chi connectivity index (χ4v) is 3.58. The number of rotatable bonds is 3. The number of hydrogen-bond donors (Lipinski definition) is 0. The van der Waals surface area contributed by atoms with Crippen molar-refractivity contribution in [3.63, 3.8) is 0 Å². The molecule has 0 spiro atoms. The summed E-state index contributed by atoms with van der Waals surface area (Å²) in [6, 6.07) is 4.78. The van der Waals surface area contributed by atoms with Crippen molar-refractivity contribution in [1.29, 1.82) is 0 Å². The maximum atomic E-state index is 12.6. The highest BCUT2D eigenvalue weighted by Gasteiger charge is 2.40. The van der Waals surface area contributed by atoms with E-state index in [1.165, 1.54) is 6.07 Å². The third-order valence-corrected chi connectivity index (χ3v) is 4.89. The van der Waals surface area contributed by atoms with Crippen LogP contribution >= 0.6 is 11.8 Å². The predicted molar refractivity (Wildman–Crippen MR) is 72.3 cm³/mol. The van der Waals surface area contributed by atoms with E-state index in [-0.39, 0.29) is 17.0 Å². The number of Topliss-reactive ketones (excluding diaryl/α,β-unsaturated/α-hetero) is 1. The topological polar surface area (TPSA) is 60.2 Å². The van der Waals surface area contributed by atoms with Crippen LogP contribution in [0.2, 0.25) is 0 Å². The van der Waals surface area contributed by atoms with Crippen molar-refractivity contribution in [3.05, 3.63) is 39.4 Å². The molecular weight excluding hydrogens is 250 g/mol.